The molecule has 0 aromatic carbocycles. The van der Waals surface area contributed by atoms with E-state index in [0.717, 1.165) is 128 Å². The lowest BCUT2D eigenvalue weighted by atomic mass is 10.0. The van der Waals surface area contributed by atoms with Gasteiger partial charge in [-0.1, -0.05) is 255 Å². The first-order valence-corrected chi connectivity index (χ1v) is 32.6. The predicted octanol–water partition coefficient (Wildman–Crippen LogP) is 18.8. The molecule has 0 aromatic heterocycles. The molecule has 9 nitrogen and oxygen atoms in total. The minimum atomic E-state index is -1.64. The smallest absolute Gasteiger partial charge is 0.306 e. The number of rotatable bonds is 58. The van der Waals surface area contributed by atoms with Gasteiger partial charge in [-0.2, -0.15) is 0 Å². The van der Waals surface area contributed by atoms with Gasteiger partial charge in [-0.25, -0.2) is 0 Å². The molecule has 0 spiro atoms. The molecule has 2 unspecified atom stereocenters. The zero-order valence-corrected chi connectivity index (χ0v) is 53.2. The van der Waals surface area contributed by atoms with Crippen LogP contribution < -0.4 is 5.11 Å². The quantitative estimate of drug-likeness (QED) is 0.0195. The van der Waals surface area contributed by atoms with Gasteiger partial charge in [0, 0.05) is 12.8 Å². The van der Waals surface area contributed by atoms with Gasteiger partial charge in [0.05, 0.1) is 40.3 Å². The van der Waals surface area contributed by atoms with Crippen molar-refractivity contribution in [2.24, 2.45) is 0 Å². The molecule has 0 rings (SSSR count). The molecule has 0 radical (unpaired) electrons. The summed E-state index contributed by atoms with van der Waals surface area (Å²) >= 11 is 0. The number of carboxylic acids is 1. The maximum absolute atomic E-state index is 12.9. The molecule has 0 saturated carbocycles. The largest absolute Gasteiger partial charge is 0.545 e. The highest BCUT2D eigenvalue weighted by atomic mass is 16.7. The van der Waals surface area contributed by atoms with Crippen LogP contribution in [0.1, 0.15) is 232 Å². The first-order valence-electron chi connectivity index (χ1n) is 32.6. The van der Waals surface area contributed by atoms with Crippen LogP contribution in [0.4, 0.5) is 0 Å². The number of quaternary nitrogens is 1. The molecule has 0 heterocycles. The van der Waals surface area contributed by atoms with E-state index in [9.17, 15) is 19.5 Å². The van der Waals surface area contributed by atoms with Gasteiger partial charge in [0.2, 0.25) is 0 Å². The van der Waals surface area contributed by atoms with Gasteiger partial charge in [-0.05, 0) is 122 Å². The van der Waals surface area contributed by atoms with E-state index in [1.807, 2.05) is 21.1 Å². The van der Waals surface area contributed by atoms with Crippen molar-refractivity contribution < 1.29 is 42.9 Å². The molecule has 0 bridgehead atoms. The molecule has 0 aromatic rings. The third-order valence-electron chi connectivity index (χ3n) is 13.3. The molecule has 9 heteroatoms. The third-order valence-corrected chi connectivity index (χ3v) is 13.3. The van der Waals surface area contributed by atoms with Crippen LogP contribution in [0.25, 0.3) is 0 Å². The van der Waals surface area contributed by atoms with Gasteiger partial charge in [-0.15, -0.1) is 0 Å². The lowest BCUT2D eigenvalue weighted by Crippen LogP contribution is -2.44. The predicted molar refractivity (Wildman–Crippen MR) is 352 cm³/mol. The number of esters is 2. The SMILES string of the molecule is CC/C=C\C/C=C\C/C=C\C/C=C\C/C=C\C/C=C\C/C=C\C/C=C\C/C=C\CCCCCCCCCCCCCCCC(=O)OC(COC(=O)CCCCCC/C=C\C/C=C\C/C=C\C/C=C\CC)COC(OCC[N+](C)(C)C)C(=O)[O-]. The van der Waals surface area contributed by atoms with Gasteiger partial charge >= 0.3 is 11.9 Å². The zero-order valence-electron chi connectivity index (χ0n) is 53.2. The fourth-order valence-electron chi connectivity index (χ4n) is 8.34. The highest BCUT2D eigenvalue weighted by molar-refractivity contribution is 5.70. The minimum Gasteiger partial charge on any atom is -0.545 e. The van der Waals surface area contributed by atoms with Crippen LogP contribution in [0, 0.1) is 0 Å². The van der Waals surface area contributed by atoms with Crippen molar-refractivity contribution in [1.29, 1.82) is 0 Å². The maximum Gasteiger partial charge on any atom is 0.306 e. The van der Waals surface area contributed by atoms with E-state index in [0.29, 0.717) is 23.9 Å². The lowest BCUT2D eigenvalue weighted by molar-refractivity contribution is -0.870. The number of hydrogen-bond donors (Lipinski definition) is 0. The second kappa shape index (κ2) is 62.9. The van der Waals surface area contributed by atoms with E-state index in [1.165, 1.54) is 64.2 Å². The van der Waals surface area contributed by atoms with Crippen molar-refractivity contribution in [1.82, 2.24) is 0 Å². The van der Waals surface area contributed by atoms with Crippen LogP contribution in [0.3, 0.4) is 0 Å². The Balaban J connectivity index is 4.13. The second-order valence-electron chi connectivity index (χ2n) is 22.3. The summed E-state index contributed by atoms with van der Waals surface area (Å²) in [6.45, 7) is 4.47. The number of likely N-dealkylation sites (N-methyl/N-ethyl adjacent to an activating group) is 1. The Labute approximate surface area is 508 Å². The Hall–Kier alpha value is -5.09. The Kier molecular flexibility index (Phi) is 59.1. The Morgan fingerprint density at radius 3 is 0.964 bits per heavy atom. The highest BCUT2D eigenvalue weighted by Crippen LogP contribution is 2.15. The fourth-order valence-corrected chi connectivity index (χ4v) is 8.34. The Morgan fingerprint density at radius 2 is 0.651 bits per heavy atom. The monoisotopic (exact) mass is 1150 g/mol. The summed E-state index contributed by atoms with van der Waals surface area (Å²) in [6.07, 6.45) is 90.3. The van der Waals surface area contributed by atoms with Gasteiger partial charge < -0.3 is 33.3 Å². The molecular weight excluding hydrogens is 1030 g/mol. The number of unbranched alkanes of at least 4 members (excludes halogenated alkanes) is 17. The van der Waals surface area contributed by atoms with E-state index < -0.39 is 24.3 Å². The van der Waals surface area contributed by atoms with E-state index in [1.54, 1.807) is 0 Å². The molecule has 468 valence electrons. The summed E-state index contributed by atoms with van der Waals surface area (Å²) in [4.78, 5) is 37.3. The van der Waals surface area contributed by atoms with E-state index >= 15 is 0 Å². The van der Waals surface area contributed by atoms with Crippen molar-refractivity contribution in [3.8, 4) is 0 Å². The zero-order chi connectivity index (χ0) is 60.5. The molecule has 0 aliphatic heterocycles. The average molecular weight is 1150 g/mol. The van der Waals surface area contributed by atoms with Gasteiger partial charge in [-0.3, -0.25) is 9.59 Å². The topological polar surface area (TPSA) is 111 Å². The van der Waals surface area contributed by atoms with Crippen molar-refractivity contribution in [2.45, 2.75) is 245 Å². The van der Waals surface area contributed by atoms with Crippen LogP contribution in [0.2, 0.25) is 0 Å². The van der Waals surface area contributed by atoms with Gasteiger partial charge in [0.25, 0.3) is 0 Å². The first kappa shape index (κ1) is 77.9. The molecule has 0 amide bonds. The summed E-state index contributed by atoms with van der Waals surface area (Å²) in [5.41, 5.74) is 0. The molecule has 83 heavy (non-hydrogen) atoms. The number of carboxylic acid groups (broad SMARTS) is 1. The molecule has 0 aliphatic carbocycles. The summed E-state index contributed by atoms with van der Waals surface area (Å²) in [5.74, 6) is -2.33. The van der Waals surface area contributed by atoms with E-state index in [4.69, 9.17) is 18.9 Å². The number of allylic oxidation sites excluding steroid dienone is 26. The normalized spacial score (nSPS) is 13.8. The van der Waals surface area contributed by atoms with Crippen LogP contribution in [-0.2, 0) is 33.3 Å². The summed E-state index contributed by atoms with van der Waals surface area (Å²) in [5, 5.41) is 11.8. The second-order valence-corrected chi connectivity index (χ2v) is 22.3. The average Bonchev–Trinajstić information content (AvgIpc) is 3.46. The maximum atomic E-state index is 12.9. The van der Waals surface area contributed by atoms with Crippen molar-refractivity contribution in [3.63, 3.8) is 0 Å². The molecule has 0 N–H and O–H groups in total. The third kappa shape index (κ3) is 64.3. The van der Waals surface area contributed by atoms with Crippen molar-refractivity contribution in [2.75, 3.05) is 47.5 Å². The number of ether oxygens (including phenoxy) is 4. The summed E-state index contributed by atoms with van der Waals surface area (Å²) in [6, 6.07) is 0. The highest BCUT2D eigenvalue weighted by Gasteiger charge is 2.22. The molecule has 0 aliphatic rings. The number of hydrogen-bond acceptors (Lipinski definition) is 8. The molecule has 0 fully saturated rings. The Morgan fingerprint density at radius 1 is 0.361 bits per heavy atom. The summed E-state index contributed by atoms with van der Waals surface area (Å²) < 4.78 is 22.7. The summed E-state index contributed by atoms with van der Waals surface area (Å²) in [7, 11) is 5.91. The number of carbonyl (C=O) groups is 3. The van der Waals surface area contributed by atoms with Crippen LogP contribution in [0.5, 0.6) is 0 Å². The lowest BCUT2D eigenvalue weighted by Gasteiger charge is -2.26. The van der Waals surface area contributed by atoms with Gasteiger partial charge in [0.15, 0.2) is 12.4 Å². The Bertz CT molecular complexity index is 1920. The van der Waals surface area contributed by atoms with Crippen LogP contribution in [-0.4, -0.2) is 82.3 Å². The first-order chi connectivity index (χ1) is 40.6. The van der Waals surface area contributed by atoms with E-state index in [2.05, 4.69) is 172 Å². The standard InChI is InChI=1S/C74H119NO8/c1-6-8-10-12-14-16-18-20-22-24-25-26-27-28-29-30-31-32-33-34-35-36-37-38-39-40-41-42-43-44-45-46-47-49-51-53-55-57-59-61-63-65-72(77)83-70(69-82-74(73(78)79)80-67-66-75(3,4)5)68-81-71(76)64-62-60-58-56-54-52-50-48-23-21-19-17-15-13-11-9-7-2/h8-11,14-17,20-23,25-26,28-29,31-32,34-35,37-38,40-41,50,52,70,74H,6-7,12-13,18-19,24,27,30,33,36,39,42-49,51,53-69H2,1-5H3/b10-8-,11-9-,16-14-,17-15-,22-20-,23-21-,26-25-,29-28-,32-31-,35-34-,38-37-,41-40-,52-50-. The fraction of sp³-hybridized carbons (Fsp3) is 0.608. The molecule has 2 atom stereocenters. The van der Waals surface area contributed by atoms with E-state index in [-0.39, 0.29) is 38.6 Å². The van der Waals surface area contributed by atoms with Gasteiger partial charge in [0.1, 0.15) is 13.2 Å². The van der Waals surface area contributed by atoms with Crippen molar-refractivity contribution >= 4 is 17.9 Å². The molecular formula is C74H119NO8. The number of nitrogens with zero attached hydrogens (tertiary/aromatic N) is 1. The van der Waals surface area contributed by atoms with Crippen LogP contribution >= 0.6 is 0 Å². The minimum absolute atomic E-state index is 0.136. The van der Waals surface area contributed by atoms with Crippen molar-refractivity contribution in [3.05, 3.63) is 158 Å². The molecule has 0 saturated heterocycles. The van der Waals surface area contributed by atoms with Crippen LogP contribution in [0.15, 0.2) is 158 Å². The number of carbonyl (C=O) groups excluding carboxylic acids is 3. The number of aliphatic carboxylic acids is 1.